The molecule has 0 fully saturated rings. The van der Waals surface area contributed by atoms with E-state index in [1.807, 2.05) is 0 Å². The molecule has 0 saturated carbocycles. The number of hydrogen-bond acceptors (Lipinski definition) is 7. The van der Waals surface area contributed by atoms with Crippen molar-refractivity contribution in [3.63, 3.8) is 0 Å². The molecular weight excluding hydrogens is 258 g/mol. The van der Waals surface area contributed by atoms with Gasteiger partial charge in [0, 0.05) is 17.3 Å². The minimum absolute atomic E-state index is 0.190. The first-order chi connectivity index (χ1) is 6.90. The molecule has 0 radical (unpaired) electrons. The van der Waals surface area contributed by atoms with Crippen LogP contribution in [0.25, 0.3) is 0 Å². The number of aliphatic hydroxyl groups is 2. The van der Waals surface area contributed by atoms with Gasteiger partial charge in [-0.1, -0.05) is 0 Å². The largest absolute Gasteiger partial charge is 0.480 e. The molecule has 0 aromatic heterocycles. The van der Waals surface area contributed by atoms with Gasteiger partial charge in [0.25, 0.3) is 0 Å². The second-order valence-electron chi connectivity index (χ2n) is 2.63. The number of nitrogens with two attached hydrogens (primary N) is 1. The quantitative estimate of drug-likeness (QED) is 0.323. The third-order valence-electron chi connectivity index (χ3n) is 1.33. The Labute approximate surface area is 105 Å². The second-order valence-corrected chi connectivity index (χ2v) is 3.72. The van der Waals surface area contributed by atoms with Gasteiger partial charge in [-0.05, 0) is 0 Å². The fourth-order valence-electron chi connectivity index (χ4n) is 0.321. The zero-order chi connectivity index (χ0) is 12.4. The smallest absolute Gasteiger partial charge is 0.321 e. The van der Waals surface area contributed by atoms with Crippen molar-refractivity contribution in [3.05, 3.63) is 0 Å². The molecular formula is C7H17NO4S3. The minimum atomic E-state index is -1.00. The molecule has 5 N–H and O–H groups in total. The molecule has 5 nitrogen and oxygen atoms in total. The third-order valence-corrected chi connectivity index (χ3v) is 2.47. The normalized spacial score (nSPS) is 15.9. The SMILES string of the molecule is NC(CS)C(=O)O.OC(CS)C(O)CS. The maximum absolute atomic E-state index is 9.76. The Morgan fingerprint density at radius 3 is 1.47 bits per heavy atom. The molecule has 0 aliphatic rings. The zero-order valence-electron chi connectivity index (χ0n) is 8.02. The lowest BCUT2D eigenvalue weighted by Crippen LogP contribution is -2.31. The zero-order valence-corrected chi connectivity index (χ0v) is 10.7. The molecule has 0 amide bonds. The van der Waals surface area contributed by atoms with Crippen LogP contribution in [0.15, 0.2) is 0 Å². The van der Waals surface area contributed by atoms with Crippen LogP contribution >= 0.6 is 37.9 Å². The van der Waals surface area contributed by atoms with Gasteiger partial charge in [-0.15, -0.1) is 0 Å². The van der Waals surface area contributed by atoms with Crippen LogP contribution in [0, 0.1) is 0 Å². The van der Waals surface area contributed by atoms with Gasteiger partial charge in [-0.25, -0.2) is 0 Å². The number of rotatable bonds is 5. The molecule has 15 heavy (non-hydrogen) atoms. The summed E-state index contributed by atoms with van der Waals surface area (Å²) in [5.74, 6) is -0.256. The number of hydrogen-bond donors (Lipinski definition) is 7. The van der Waals surface area contributed by atoms with Crippen LogP contribution in [0.2, 0.25) is 0 Å². The van der Waals surface area contributed by atoms with Crippen molar-refractivity contribution in [3.8, 4) is 0 Å². The summed E-state index contributed by atoms with van der Waals surface area (Å²) in [7, 11) is 0. The third kappa shape index (κ3) is 10.7. The van der Waals surface area contributed by atoms with Gasteiger partial charge in [0.05, 0.1) is 12.2 Å². The summed E-state index contributed by atoms with van der Waals surface area (Å²) in [6.45, 7) is 0. The number of carbonyl (C=O) groups is 1. The lowest BCUT2D eigenvalue weighted by Gasteiger charge is -2.11. The second kappa shape index (κ2) is 10.9. The molecule has 0 aliphatic heterocycles. The molecule has 3 atom stereocenters. The standard InChI is InChI=1S/C4H10O2S2.C3H7NO2S/c5-3(1-7)4(6)2-8;4-2(1-7)3(5)6/h3-8H,1-2H2;2,7H,1,4H2,(H,5,6). The Kier molecular flexibility index (Phi) is 12.9. The molecule has 0 heterocycles. The van der Waals surface area contributed by atoms with E-state index in [0.717, 1.165) is 0 Å². The minimum Gasteiger partial charge on any atom is -0.480 e. The van der Waals surface area contributed by atoms with Crippen LogP contribution in [0.4, 0.5) is 0 Å². The summed E-state index contributed by atoms with van der Waals surface area (Å²) >= 11 is 11.2. The van der Waals surface area contributed by atoms with Crippen LogP contribution < -0.4 is 5.73 Å². The molecule has 0 saturated heterocycles. The van der Waals surface area contributed by atoms with E-state index in [0.29, 0.717) is 0 Å². The Morgan fingerprint density at radius 1 is 1.07 bits per heavy atom. The van der Waals surface area contributed by atoms with Gasteiger partial charge in [-0.2, -0.15) is 37.9 Å². The van der Waals surface area contributed by atoms with E-state index in [-0.39, 0.29) is 17.3 Å². The van der Waals surface area contributed by atoms with Crippen molar-refractivity contribution in [1.29, 1.82) is 0 Å². The van der Waals surface area contributed by atoms with Crippen LogP contribution in [-0.2, 0) is 4.79 Å². The summed E-state index contributed by atoms with van der Waals surface area (Å²) in [5.41, 5.74) is 4.94. The molecule has 3 unspecified atom stereocenters. The van der Waals surface area contributed by atoms with Crippen molar-refractivity contribution >= 4 is 43.9 Å². The van der Waals surface area contributed by atoms with E-state index in [1.54, 1.807) is 0 Å². The summed E-state index contributed by atoms with van der Waals surface area (Å²) in [6.07, 6.45) is -1.48. The van der Waals surface area contributed by atoms with Crippen molar-refractivity contribution in [2.75, 3.05) is 17.3 Å². The van der Waals surface area contributed by atoms with Crippen molar-refractivity contribution in [1.82, 2.24) is 0 Å². The molecule has 0 rings (SSSR count). The topological polar surface area (TPSA) is 104 Å². The Bertz CT molecular complexity index is 164. The first-order valence-corrected chi connectivity index (χ1v) is 5.97. The van der Waals surface area contributed by atoms with Crippen LogP contribution in [0.5, 0.6) is 0 Å². The van der Waals surface area contributed by atoms with Crippen molar-refractivity contribution < 1.29 is 20.1 Å². The van der Waals surface area contributed by atoms with Gasteiger partial charge >= 0.3 is 5.97 Å². The highest BCUT2D eigenvalue weighted by Gasteiger charge is 2.10. The molecule has 0 bridgehead atoms. The van der Waals surface area contributed by atoms with Gasteiger partial charge in [0.1, 0.15) is 6.04 Å². The van der Waals surface area contributed by atoms with Crippen LogP contribution in [0.3, 0.4) is 0 Å². The lowest BCUT2D eigenvalue weighted by atomic mass is 10.3. The molecule has 8 heteroatoms. The van der Waals surface area contributed by atoms with E-state index < -0.39 is 24.2 Å². The van der Waals surface area contributed by atoms with E-state index >= 15 is 0 Å². The van der Waals surface area contributed by atoms with Crippen molar-refractivity contribution in [2.45, 2.75) is 18.2 Å². The van der Waals surface area contributed by atoms with Crippen LogP contribution in [0.1, 0.15) is 0 Å². The predicted molar refractivity (Wildman–Crippen MR) is 69.2 cm³/mol. The fraction of sp³-hybridized carbons (Fsp3) is 0.857. The van der Waals surface area contributed by atoms with E-state index in [9.17, 15) is 4.79 Å². The highest BCUT2D eigenvalue weighted by atomic mass is 32.1. The predicted octanol–water partition coefficient (Wildman–Crippen LogP) is -1.10. The van der Waals surface area contributed by atoms with E-state index in [1.165, 1.54) is 0 Å². The number of carboxylic acids is 1. The molecule has 0 spiro atoms. The molecule has 0 aromatic carbocycles. The lowest BCUT2D eigenvalue weighted by molar-refractivity contribution is -0.137. The monoisotopic (exact) mass is 275 g/mol. The molecule has 92 valence electrons. The summed E-state index contributed by atoms with van der Waals surface area (Å²) in [4.78, 5) is 9.76. The van der Waals surface area contributed by atoms with Gasteiger partial charge < -0.3 is 21.1 Å². The maximum Gasteiger partial charge on any atom is 0.321 e. The highest BCUT2D eigenvalue weighted by Crippen LogP contribution is 1.96. The molecule has 0 aliphatic carbocycles. The number of aliphatic hydroxyl groups excluding tert-OH is 2. The summed E-state index contributed by atoms with van der Waals surface area (Å²) in [6, 6.07) is -0.816. The highest BCUT2D eigenvalue weighted by molar-refractivity contribution is 7.80. The number of aliphatic carboxylic acids is 1. The number of carboxylic acid groups (broad SMARTS) is 1. The number of thiol groups is 3. The maximum atomic E-state index is 9.76. The van der Waals surface area contributed by atoms with Gasteiger partial charge in [0.2, 0.25) is 0 Å². The Morgan fingerprint density at radius 2 is 1.40 bits per heavy atom. The summed E-state index contributed by atoms with van der Waals surface area (Å²) in [5, 5.41) is 25.5. The summed E-state index contributed by atoms with van der Waals surface area (Å²) < 4.78 is 0. The fourth-order valence-corrected chi connectivity index (χ4v) is 0.964. The Balaban J connectivity index is 0. The van der Waals surface area contributed by atoms with E-state index in [4.69, 9.17) is 21.1 Å². The average molecular weight is 275 g/mol. The molecule has 0 aromatic rings. The first kappa shape index (κ1) is 17.8. The average Bonchev–Trinajstić information content (AvgIpc) is 2.26. The van der Waals surface area contributed by atoms with E-state index in [2.05, 4.69) is 37.9 Å². The first-order valence-electron chi connectivity index (χ1n) is 4.07. The van der Waals surface area contributed by atoms with Crippen molar-refractivity contribution in [2.24, 2.45) is 5.73 Å². The Hall–Kier alpha value is 0.400. The van der Waals surface area contributed by atoms with Gasteiger partial charge in [-0.3, -0.25) is 4.79 Å². The van der Waals surface area contributed by atoms with Gasteiger partial charge in [0.15, 0.2) is 0 Å². The van der Waals surface area contributed by atoms with Crippen LogP contribution in [-0.4, -0.2) is 56.8 Å².